The molecule has 0 aromatic carbocycles. The Hall–Kier alpha value is -0.380. The topological polar surface area (TPSA) is 83.8 Å². The molecule has 5 nitrogen and oxygen atoms in total. The van der Waals surface area contributed by atoms with Gasteiger partial charge in [0.15, 0.2) is 5.16 Å². The van der Waals surface area contributed by atoms with Crippen LogP contribution in [-0.2, 0) is 14.1 Å². The summed E-state index contributed by atoms with van der Waals surface area (Å²) in [6.07, 6.45) is 19.0. The molecule has 2 unspecified atom stereocenters. The fraction of sp³-hybridized carbons (Fsp3) is 0.962. The molecule has 0 rings (SSSR count). The van der Waals surface area contributed by atoms with Crippen LogP contribution in [0.5, 0.6) is 0 Å². The van der Waals surface area contributed by atoms with E-state index in [1.807, 2.05) is 6.92 Å². The minimum Gasteiger partial charge on any atom is -0.465 e. The third-order valence-electron chi connectivity index (χ3n) is 6.87. The Kier molecular flexibility index (Phi) is 18.8. The average Bonchev–Trinajstić information content (AvgIpc) is 2.73. The maximum absolute atomic E-state index is 12.9. The molecule has 0 bridgehead atoms. The molecule has 0 heterocycles. The molecule has 6 heteroatoms. The molecule has 0 saturated carbocycles. The second-order valence-electron chi connectivity index (χ2n) is 9.58. The van der Waals surface area contributed by atoms with Crippen molar-refractivity contribution in [3.8, 4) is 0 Å². The number of carbonyl (C=O) groups excluding carboxylic acids is 1. The number of hydrogen-bond donors (Lipinski definition) is 2. The summed E-state index contributed by atoms with van der Waals surface area (Å²) in [6.45, 7) is 8.09. The van der Waals surface area contributed by atoms with E-state index in [1.54, 1.807) is 6.92 Å². The van der Waals surface area contributed by atoms with Gasteiger partial charge < -0.3 is 14.5 Å². The van der Waals surface area contributed by atoms with Crippen LogP contribution in [0.3, 0.4) is 0 Å². The molecule has 0 amide bonds. The van der Waals surface area contributed by atoms with Gasteiger partial charge in [0.1, 0.15) is 0 Å². The first kappa shape index (κ1) is 31.6. The lowest BCUT2D eigenvalue weighted by Crippen LogP contribution is -2.46. The van der Waals surface area contributed by atoms with Gasteiger partial charge >= 0.3 is 13.6 Å². The standard InChI is InChI=1S/C26H53O5P/c1-5-8-10-12-14-16-18-20-22-24(4)26(32(28,29)30,25(27)31-7-3)23-21-19-17-15-13-11-9-6-2/h24H,5-23H2,1-4H3,(H2,28,29,30). The zero-order chi connectivity index (χ0) is 24.3. The molecule has 0 aliphatic carbocycles. The molecular formula is C26H53O5P. The van der Waals surface area contributed by atoms with Gasteiger partial charge in [0, 0.05) is 0 Å². The fourth-order valence-electron chi connectivity index (χ4n) is 4.71. The summed E-state index contributed by atoms with van der Waals surface area (Å²) in [4.78, 5) is 33.6. The highest BCUT2D eigenvalue weighted by molar-refractivity contribution is 7.54. The van der Waals surface area contributed by atoms with Gasteiger partial charge in [-0.05, 0) is 25.7 Å². The van der Waals surface area contributed by atoms with Gasteiger partial charge in [0.25, 0.3) is 0 Å². The van der Waals surface area contributed by atoms with E-state index in [2.05, 4.69) is 13.8 Å². The van der Waals surface area contributed by atoms with E-state index in [1.165, 1.54) is 57.8 Å². The molecule has 0 saturated heterocycles. The van der Waals surface area contributed by atoms with Crippen LogP contribution in [-0.4, -0.2) is 27.5 Å². The lowest BCUT2D eigenvalue weighted by molar-refractivity contribution is -0.149. The minimum atomic E-state index is -4.67. The third-order valence-corrected chi connectivity index (χ3v) is 8.75. The summed E-state index contributed by atoms with van der Waals surface area (Å²) in [5.41, 5.74) is 0. The fourth-order valence-corrected chi connectivity index (χ4v) is 6.16. The van der Waals surface area contributed by atoms with E-state index in [0.717, 1.165) is 38.5 Å². The Balaban J connectivity index is 4.83. The zero-order valence-electron chi connectivity index (χ0n) is 21.6. The molecule has 32 heavy (non-hydrogen) atoms. The van der Waals surface area contributed by atoms with Crippen molar-refractivity contribution in [2.24, 2.45) is 5.92 Å². The summed E-state index contributed by atoms with van der Waals surface area (Å²) in [5.74, 6) is -1.10. The smallest absolute Gasteiger partial charge is 0.343 e. The highest BCUT2D eigenvalue weighted by atomic mass is 31.2. The van der Waals surface area contributed by atoms with Gasteiger partial charge in [-0.2, -0.15) is 0 Å². The number of carbonyl (C=O) groups is 1. The van der Waals surface area contributed by atoms with Gasteiger partial charge in [-0.25, -0.2) is 0 Å². The Morgan fingerprint density at radius 2 is 1.16 bits per heavy atom. The number of unbranched alkanes of at least 4 members (excludes halogenated alkanes) is 14. The van der Waals surface area contributed by atoms with Crippen LogP contribution in [0.1, 0.15) is 143 Å². The van der Waals surface area contributed by atoms with E-state index in [0.29, 0.717) is 12.8 Å². The van der Waals surface area contributed by atoms with E-state index in [4.69, 9.17) is 4.74 Å². The van der Waals surface area contributed by atoms with E-state index in [9.17, 15) is 19.1 Å². The van der Waals surface area contributed by atoms with E-state index in [-0.39, 0.29) is 13.0 Å². The normalized spacial score (nSPS) is 14.8. The zero-order valence-corrected chi connectivity index (χ0v) is 22.5. The molecule has 0 spiro atoms. The lowest BCUT2D eigenvalue weighted by Gasteiger charge is -2.37. The number of esters is 1. The van der Waals surface area contributed by atoms with Gasteiger partial charge in [-0.1, -0.05) is 124 Å². The number of ether oxygens (including phenoxy) is 1. The second kappa shape index (κ2) is 19.0. The molecule has 0 aromatic heterocycles. The number of hydrogen-bond acceptors (Lipinski definition) is 3. The summed E-state index contributed by atoms with van der Waals surface area (Å²) in [7, 11) is -4.67. The van der Waals surface area contributed by atoms with Gasteiger partial charge in [0.05, 0.1) is 6.61 Å². The second-order valence-corrected chi connectivity index (χ2v) is 11.5. The minimum absolute atomic E-state index is 0.141. The van der Waals surface area contributed by atoms with Crippen LogP contribution in [0.15, 0.2) is 0 Å². The largest absolute Gasteiger partial charge is 0.465 e. The first-order valence-electron chi connectivity index (χ1n) is 13.5. The van der Waals surface area contributed by atoms with Crippen molar-refractivity contribution in [1.29, 1.82) is 0 Å². The van der Waals surface area contributed by atoms with Crippen molar-refractivity contribution in [1.82, 2.24) is 0 Å². The Bertz CT molecular complexity index is 504. The highest BCUT2D eigenvalue weighted by Gasteiger charge is 2.57. The molecular weight excluding hydrogens is 423 g/mol. The van der Waals surface area contributed by atoms with Crippen LogP contribution < -0.4 is 0 Å². The van der Waals surface area contributed by atoms with Gasteiger partial charge in [-0.3, -0.25) is 9.36 Å². The Morgan fingerprint density at radius 3 is 1.56 bits per heavy atom. The van der Waals surface area contributed by atoms with Gasteiger partial charge in [0.2, 0.25) is 0 Å². The van der Waals surface area contributed by atoms with Crippen molar-refractivity contribution >= 4 is 13.6 Å². The third kappa shape index (κ3) is 12.2. The van der Waals surface area contributed by atoms with Gasteiger partial charge in [-0.15, -0.1) is 0 Å². The summed E-state index contributed by atoms with van der Waals surface area (Å²) in [6, 6.07) is 0. The first-order valence-corrected chi connectivity index (χ1v) is 15.1. The molecule has 0 aliphatic rings. The van der Waals surface area contributed by atoms with Crippen molar-refractivity contribution in [3.05, 3.63) is 0 Å². The lowest BCUT2D eigenvalue weighted by atomic mass is 9.84. The predicted molar refractivity (Wildman–Crippen MR) is 135 cm³/mol. The average molecular weight is 477 g/mol. The maximum atomic E-state index is 12.9. The number of rotatable bonds is 22. The van der Waals surface area contributed by atoms with Crippen molar-refractivity contribution in [3.63, 3.8) is 0 Å². The van der Waals surface area contributed by atoms with Crippen LogP contribution in [0, 0.1) is 5.92 Å². The first-order chi connectivity index (χ1) is 15.3. The van der Waals surface area contributed by atoms with Crippen LogP contribution in [0.2, 0.25) is 0 Å². The molecule has 0 aliphatic heterocycles. The Labute approximate surface area is 198 Å². The van der Waals surface area contributed by atoms with Crippen LogP contribution in [0.25, 0.3) is 0 Å². The van der Waals surface area contributed by atoms with Crippen LogP contribution >= 0.6 is 7.60 Å². The van der Waals surface area contributed by atoms with E-state index >= 15 is 0 Å². The quantitative estimate of drug-likeness (QED) is 0.0935. The summed E-state index contributed by atoms with van der Waals surface area (Å²) >= 11 is 0. The van der Waals surface area contributed by atoms with Crippen molar-refractivity contribution < 1.29 is 23.9 Å². The molecule has 2 N–H and O–H groups in total. The molecule has 192 valence electrons. The predicted octanol–water partition coefficient (Wildman–Crippen LogP) is 8.16. The SMILES string of the molecule is CCCCCCCCCCC(C)C(CCCCCCCCCC)(C(=O)OCC)P(=O)(O)O. The highest BCUT2D eigenvalue weighted by Crippen LogP contribution is 2.59. The maximum Gasteiger partial charge on any atom is 0.343 e. The molecule has 0 fully saturated rings. The Morgan fingerprint density at radius 1 is 0.750 bits per heavy atom. The monoisotopic (exact) mass is 476 g/mol. The summed E-state index contributed by atoms with van der Waals surface area (Å²) < 4.78 is 17.9. The van der Waals surface area contributed by atoms with Crippen LogP contribution in [0.4, 0.5) is 0 Å². The molecule has 0 aromatic rings. The van der Waals surface area contributed by atoms with Crippen molar-refractivity contribution in [2.45, 2.75) is 148 Å². The van der Waals surface area contributed by atoms with E-state index < -0.39 is 24.6 Å². The molecule has 0 radical (unpaired) electrons. The summed E-state index contributed by atoms with van der Waals surface area (Å²) in [5, 5.41) is -1.70. The van der Waals surface area contributed by atoms with Crippen molar-refractivity contribution in [2.75, 3.05) is 6.61 Å². The molecule has 2 atom stereocenters.